The molecule has 1 aromatic carbocycles. The first-order valence-corrected chi connectivity index (χ1v) is 5.82. The van der Waals surface area contributed by atoms with Crippen molar-refractivity contribution in [2.75, 3.05) is 19.6 Å². The lowest BCUT2D eigenvalue weighted by molar-refractivity contribution is 0.199. The summed E-state index contributed by atoms with van der Waals surface area (Å²) in [6.07, 6.45) is 0. The highest BCUT2D eigenvalue weighted by Gasteiger charge is 2.15. The average Bonchev–Trinajstić information content (AvgIpc) is 2.22. The van der Waals surface area contributed by atoms with Crippen LogP contribution in [0.25, 0.3) is 0 Å². The molecular weight excluding hydrogens is 208 g/mol. The van der Waals surface area contributed by atoms with Crippen LogP contribution in [0, 0.1) is 0 Å². The maximum Gasteiger partial charge on any atom is 0.0406 e. The topological polar surface area (TPSA) is 15.3 Å². The summed E-state index contributed by atoms with van der Waals surface area (Å²) in [6, 6.07) is 8.74. The Kier molecular flexibility index (Phi) is 3.62. The second kappa shape index (κ2) is 4.97. The first-order valence-electron chi connectivity index (χ1n) is 5.44. The van der Waals surface area contributed by atoms with E-state index in [-0.39, 0.29) is 0 Å². The van der Waals surface area contributed by atoms with Crippen LogP contribution in [0.15, 0.2) is 24.3 Å². The molecule has 15 heavy (non-hydrogen) atoms. The minimum absolute atomic E-state index is 0.603. The third-order valence-electron chi connectivity index (χ3n) is 2.77. The fourth-order valence-electron chi connectivity index (χ4n) is 2.00. The van der Waals surface area contributed by atoms with Gasteiger partial charge in [0.15, 0.2) is 0 Å². The van der Waals surface area contributed by atoms with Gasteiger partial charge >= 0.3 is 0 Å². The van der Waals surface area contributed by atoms with Gasteiger partial charge in [-0.05, 0) is 24.6 Å². The number of benzene rings is 1. The van der Waals surface area contributed by atoms with Crippen molar-refractivity contribution in [3.63, 3.8) is 0 Å². The third-order valence-corrected chi connectivity index (χ3v) is 3.02. The number of piperazine rings is 1. The van der Waals surface area contributed by atoms with Gasteiger partial charge in [0.25, 0.3) is 0 Å². The summed E-state index contributed by atoms with van der Waals surface area (Å²) in [7, 11) is 0. The van der Waals surface area contributed by atoms with Crippen molar-refractivity contribution in [1.82, 2.24) is 10.2 Å². The predicted octanol–water partition coefficient (Wildman–Crippen LogP) is 2.13. The molecule has 1 aliphatic heterocycles. The van der Waals surface area contributed by atoms with Crippen molar-refractivity contribution in [3.05, 3.63) is 34.9 Å². The Morgan fingerprint density at radius 2 is 2.13 bits per heavy atom. The van der Waals surface area contributed by atoms with Gasteiger partial charge in [-0.1, -0.05) is 23.7 Å². The Hall–Kier alpha value is -0.570. The van der Waals surface area contributed by atoms with E-state index in [0.29, 0.717) is 6.04 Å². The summed E-state index contributed by atoms with van der Waals surface area (Å²) in [5, 5.41) is 4.26. The molecule has 0 radical (unpaired) electrons. The second-order valence-corrected chi connectivity index (χ2v) is 4.65. The van der Waals surface area contributed by atoms with Crippen LogP contribution in [0.3, 0.4) is 0 Å². The van der Waals surface area contributed by atoms with Crippen LogP contribution in [0.1, 0.15) is 12.5 Å². The van der Waals surface area contributed by atoms with Crippen LogP contribution in [0.2, 0.25) is 5.02 Å². The van der Waals surface area contributed by atoms with Crippen molar-refractivity contribution >= 4 is 11.6 Å². The van der Waals surface area contributed by atoms with E-state index in [1.54, 1.807) is 0 Å². The van der Waals surface area contributed by atoms with E-state index in [9.17, 15) is 0 Å². The average molecular weight is 225 g/mol. The number of nitrogens with one attached hydrogen (secondary N) is 1. The molecule has 3 heteroatoms. The molecule has 0 spiro atoms. The minimum Gasteiger partial charge on any atom is -0.312 e. The lowest BCUT2D eigenvalue weighted by Crippen LogP contribution is -2.48. The molecule has 0 aliphatic carbocycles. The highest BCUT2D eigenvalue weighted by molar-refractivity contribution is 6.30. The molecule has 0 aromatic heterocycles. The van der Waals surface area contributed by atoms with Crippen LogP contribution in [-0.2, 0) is 6.54 Å². The molecule has 0 saturated carbocycles. The Bertz CT molecular complexity index is 310. The van der Waals surface area contributed by atoms with E-state index in [2.05, 4.69) is 29.3 Å². The normalized spacial score (nSPS) is 22.9. The van der Waals surface area contributed by atoms with Crippen molar-refractivity contribution < 1.29 is 0 Å². The maximum atomic E-state index is 5.85. The summed E-state index contributed by atoms with van der Waals surface area (Å²) in [5.74, 6) is 0. The van der Waals surface area contributed by atoms with Crippen LogP contribution in [0.5, 0.6) is 0 Å². The van der Waals surface area contributed by atoms with Gasteiger partial charge in [0.1, 0.15) is 0 Å². The van der Waals surface area contributed by atoms with Gasteiger partial charge in [-0.2, -0.15) is 0 Å². The number of nitrogens with zero attached hydrogens (tertiary/aromatic N) is 1. The van der Waals surface area contributed by atoms with Gasteiger partial charge in [-0.3, -0.25) is 4.90 Å². The highest BCUT2D eigenvalue weighted by Crippen LogP contribution is 2.12. The van der Waals surface area contributed by atoms with Gasteiger partial charge < -0.3 is 5.32 Å². The van der Waals surface area contributed by atoms with Gasteiger partial charge in [0.2, 0.25) is 0 Å². The molecule has 82 valence electrons. The molecule has 1 aromatic rings. The number of halogens is 1. The first-order chi connectivity index (χ1) is 7.24. The predicted molar refractivity (Wildman–Crippen MR) is 64.2 cm³/mol. The Balaban J connectivity index is 1.93. The molecule has 1 atom stereocenters. The Morgan fingerprint density at radius 3 is 2.80 bits per heavy atom. The molecular formula is C12H17ClN2. The molecule has 2 nitrogen and oxygen atoms in total. The minimum atomic E-state index is 0.603. The number of hydrogen-bond acceptors (Lipinski definition) is 2. The molecule has 1 fully saturated rings. The van der Waals surface area contributed by atoms with E-state index in [4.69, 9.17) is 11.6 Å². The van der Waals surface area contributed by atoms with Gasteiger partial charge in [-0.25, -0.2) is 0 Å². The third kappa shape index (κ3) is 3.20. The zero-order valence-electron chi connectivity index (χ0n) is 9.04. The van der Waals surface area contributed by atoms with Crippen LogP contribution >= 0.6 is 11.6 Å². The van der Waals surface area contributed by atoms with Crippen LogP contribution in [0.4, 0.5) is 0 Å². The zero-order valence-corrected chi connectivity index (χ0v) is 9.80. The quantitative estimate of drug-likeness (QED) is 0.828. The zero-order chi connectivity index (χ0) is 10.7. The van der Waals surface area contributed by atoms with Gasteiger partial charge in [-0.15, -0.1) is 0 Å². The molecule has 1 saturated heterocycles. The Labute approximate surface area is 96.2 Å². The smallest absolute Gasteiger partial charge is 0.0406 e. The summed E-state index contributed by atoms with van der Waals surface area (Å²) < 4.78 is 0. The van der Waals surface area contributed by atoms with Gasteiger partial charge in [0, 0.05) is 37.2 Å². The van der Waals surface area contributed by atoms with E-state index in [0.717, 1.165) is 31.2 Å². The molecule has 1 N–H and O–H groups in total. The monoisotopic (exact) mass is 224 g/mol. The Morgan fingerprint density at radius 1 is 1.40 bits per heavy atom. The van der Waals surface area contributed by atoms with E-state index >= 15 is 0 Å². The van der Waals surface area contributed by atoms with Crippen molar-refractivity contribution in [1.29, 1.82) is 0 Å². The largest absolute Gasteiger partial charge is 0.312 e. The summed E-state index contributed by atoms with van der Waals surface area (Å²) in [5.41, 5.74) is 1.34. The molecule has 1 heterocycles. The molecule has 1 aliphatic rings. The first kappa shape index (κ1) is 10.9. The highest BCUT2D eigenvalue weighted by atomic mass is 35.5. The maximum absolute atomic E-state index is 5.85. The standard InChI is InChI=1S/C12H17ClN2/c1-10-8-15(7-6-14-10)9-11-2-4-12(13)5-3-11/h2-5,10,14H,6-9H2,1H3/t10-/m0/s1. The van der Waals surface area contributed by atoms with Crippen LogP contribution in [-0.4, -0.2) is 30.6 Å². The van der Waals surface area contributed by atoms with E-state index < -0.39 is 0 Å². The van der Waals surface area contributed by atoms with Crippen molar-refractivity contribution in [3.8, 4) is 0 Å². The summed E-state index contributed by atoms with van der Waals surface area (Å²) >= 11 is 5.85. The van der Waals surface area contributed by atoms with E-state index in [1.165, 1.54) is 5.56 Å². The fraction of sp³-hybridized carbons (Fsp3) is 0.500. The molecule has 0 amide bonds. The SMILES string of the molecule is C[C@H]1CN(Cc2ccc(Cl)cc2)CCN1. The number of rotatable bonds is 2. The second-order valence-electron chi connectivity index (χ2n) is 4.22. The van der Waals surface area contributed by atoms with Gasteiger partial charge in [0.05, 0.1) is 0 Å². The van der Waals surface area contributed by atoms with Crippen molar-refractivity contribution in [2.24, 2.45) is 0 Å². The molecule has 2 rings (SSSR count). The van der Waals surface area contributed by atoms with Crippen LogP contribution < -0.4 is 5.32 Å². The molecule has 0 bridgehead atoms. The fourth-order valence-corrected chi connectivity index (χ4v) is 2.13. The lowest BCUT2D eigenvalue weighted by atomic mass is 10.1. The molecule has 0 unspecified atom stereocenters. The summed E-state index contributed by atoms with van der Waals surface area (Å²) in [6.45, 7) is 6.61. The van der Waals surface area contributed by atoms with Crippen molar-refractivity contribution in [2.45, 2.75) is 19.5 Å². The summed E-state index contributed by atoms with van der Waals surface area (Å²) in [4.78, 5) is 2.48. The number of hydrogen-bond donors (Lipinski definition) is 1. The van der Waals surface area contributed by atoms with E-state index in [1.807, 2.05) is 12.1 Å². The lowest BCUT2D eigenvalue weighted by Gasteiger charge is -2.31.